The monoisotopic (exact) mass is 426 g/mol. The standard InChI is InChI=1S/C23H26N4O2.ClH/c1-16-7-9-18(10-8-16)27-15-21(23(28)26(2)19-11-12-24-14-19)22(25-27)17-5-4-6-20(13-17)29-3;/h4-10,13,15,19,24H,11-12,14H2,1-3H3;1H. The number of likely N-dealkylation sites (N-methyl/N-ethyl adjacent to an activating group) is 1. The van der Waals surface area contributed by atoms with Crippen LogP contribution in [0.25, 0.3) is 16.9 Å². The molecule has 7 heteroatoms. The summed E-state index contributed by atoms with van der Waals surface area (Å²) in [6.07, 6.45) is 2.80. The Morgan fingerprint density at radius 1 is 1.23 bits per heavy atom. The van der Waals surface area contributed by atoms with Crippen molar-refractivity contribution in [2.75, 3.05) is 27.2 Å². The van der Waals surface area contributed by atoms with Gasteiger partial charge in [0.2, 0.25) is 0 Å². The van der Waals surface area contributed by atoms with Crippen LogP contribution in [0.15, 0.2) is 54.7 Å². The Balaban J connectivity index is 0.00000256. The number of aromatic nitrogens is 2. The molecule has 0 spiro atoms. The highest BCUT2D eigenvalue weighted by atomic mass is 35.5. The molecule has 0 aliphatic carbocycles. The lowest BCUT2D eigenvalue weighted by molar-refractivity contribution is 0.0744. The predicted octanol–water partition coefficient (Wildman–Crippen LogP) is 3.71. The Morgan fingerprint density at radius 2 is 2.00 bits per heavy atom. The van der Waals surface area contributed by atoms with Crippen LogP contribution in [0.4, 0.5) is 0 Å². The average molecular weight is 427 g/mol. The van der Waals surface area contributed by atoms with Crippen molar-refractivity contribution in [3.63, 3.8) is 0 Å². The van der Waals surface area contributed by atoms with Gasteiger partial charge < -0.3 is 15.0 Å². The lowest BCUT2D eigenvalue weighted by Gasteiger charge is -2.23. The lowest BCUT2D eigenvalue weighted by atomic mass is 10.1. The van der Waals surface area contributed by atoms with Gasteiger partial charge in [0.25, 0.3) is 5.91 Å². The van der Waals surface area contributed by atoms with E-state index in [2.05, 4.69) is 5.32 Å². The van der Waals surface area contributed by atoms with E-state index in [0.29, 0.717) is 11.3 Å². The highest BCUT2D eigenvalue weighted by molar-refractivity contribution is 6.00. The highest BCUT2D eigenvalue weighted by Crippen LogP contribution is 2.28. The van der Waals surface area contributed by atoms with Gasteiger partial charge >= 0.3 is 0 Å². The summed E-state index contributed by atoms with van der Waals surface area (Å²) < 4.78 is 7.15. The van der Waals surface area contributed by atoms with Crippen molar-refractivity contribution in [2.45, 2.75) is 19.4 Å². The first-order valence-corrected chi connectivity index (χ1v) is 9.86. The number of carbonyl (C=O) groups excluding carboxylic acids is 1. The van der Waals surface area contributed by atoms with Gasteiger partial charge in [-0.15, -0.1) is 12.4 Å². The Kier molecular flexibility index (Phi) is 6.80. The van der Waals surface area contributed by atoms with E-state index in [-0.39, 0.29) is 24.4 Å². The van der Waals surface area contributed by atoms with Crippen molar-refractivity contribution in [3.05, 3.63) is 65.9 Å². The van der Waals surface area contributed by atoms with E-state index >= 15 is 0 Å². The van der Waals surface area contributed by atoms with Gasteiger partial charge in [-0.05, 0) is 44.2 Å². The molecular weight excluding hydrogens is 400 g/mol. The van der Waals surface area contributed by atoms with Crippen LogP contribution in [0.3, 0.4) is 0 Å². The van der Waals surface area contributed by atoms with Crippen LogP contribution >= 0.6 is 12.4 Å². The van der Waals surface area contributed by atoms with Crippen molar-refractivity contribution in [1.82, 2.24) is 20.0 Å². The third kappa shape index (κ3) is 4.35. The first kappa shape index (κ1) is 21.9. The maximum absolute atomic E-state index is 13.4. The first-order chi connectivity index (χ1) is 14.1. The quantitative estimate of drug-likeness (QED) is 0.675. The van der Waals surface area contributed by atoms with Gasteiger partial charge in [0.1, 0.15) is 11.4 Å². The fraction of sp³-hybridized carbons (Fsp3) is 0.304. The fourth-order valence-corrected chi connectivity index (χ4v) is 3.67. The van der Waals surface area contributed by atoms with Crippen molar-refractivity contribution >= 4 is 18.3 Å². The zero-order chi connectivity index (χ0) is 20.4. The molecule has 1 amide bonds. The Hall–Kier alpha value is -2.83. The van der Waals surface area contributed by atoms with Crippen molar-refractivity contribution in [3.8, 4) is 22.7 Å². The first-order valence-electron chi connectivity index (χ1n) is 9.86. The van der Waals surface area contributed by atoms with E-state index < -0.39 is 0 Å². The van der Waals surface area contributed by atoms with Crippen LogP contribution in [0.5, 0.6) is 5.75 Å². The minimum Gasteiger partial charge on any atom is -0.497 e. The minimum atomic E-state index is -0.0186. The number of amides is 1. The van der Waals surface area contributed by atoms with Crippen molar-refractivity contribution in [2.24, 2.45) is 0 Å². The Morgan fingerprint density at radius 3 is 2.67 bits per heavy atom. The van der Waals surface area contributed by atoms with Gasteiger partial charge in [-0.3, -0.25) is 4.79 Å². The van der Waals surface area contributed by atoms with Gasteiger partial charge in [-0.1, -0.05) is 29.8 Å². The van der Waals surface area contributed by atoms with Gasteiger partial charge in [0, 0.05) is 31.4 Å². The molecule has 1 aliphatic rings. The summed E-state index contributed by atoms with van der Waals surface area (Å²) in [7, 11) is 3.51. The zero-order valence-electron chi connectivity index (χ0n) is 17.5. The molecule has 2 heterocycles. The minimum absolute atomic E-state index is 0. The van der Waals surface area contributed by atoms with Crippen LogP contribution in [-0.2, 0) is 0 Å². The molecular formula is C23H27ClN4O2. The SMILES string of the molecule is COc1cccc(-c2nn(-c3ccc(C)cc3)cc2C(=O)N(C)C2CCNC2)c1.Cl. The number of hydrogen-bond donors (Lipinski definition) is 1. The lowest BCUT2D eigenvalue weighted by Crippen LogP contribution is -2.38. The molecule has 1 fully saturated rings. The summed E-state index contributed by atoms with van der Waals surface area (Å²) in [5.41, 5.74) is 4.21. The number of nitrogens with zero attached hydrogens (tertiary/aromatic N) is 3. The Bertz CT molecular complexity index is 1010. The molecule has 1 aromatic heterocycles. The molecule has 4 rings (SSSR count). The molecule has 1 aliphatic heterocycles. The summed E-state index contributed by atoms with van der Waals surface area (Å²) >= 11 is 0. The van der Waals surface area contributed by atoms with E-state index in [9.17, 15) is 4.79 Å². The molecule has 158 valence electrons. The largest absolute Gasteiger partial charge is 0.497 e. The molecule has 0 radical (unpaired) electrons. The molecule has 2 aromatic carbocycles. The molecule has 3 aromatic rings. The maximum atomic E-state index is 13.4. The summed E-state index contributed by atoms with van der Waals surface area (Å²) in [4.78, 5) is 15.2. The summed E-state index contributed by atoms with van der Waals surface area (Å²) in [5, 5.41) is 8.11. The van der Waals surface area contributed by atoms with E-state index in [4.69, 9.17) is 9.84 Å². The molecule has 0 saturated carbocycles. The zero-order valence-corrected chi connectivity index (χ0v) is 18.3. The number of hydrogen-bond acceptors (Lipinski definition) is 4. The molecule has 1 N–H and O–H groups in total. The second-order valence-electron chi connectivity index (χ2n) is 7.47. The number of carbonyl (C=O) groups is 1. The van der Waals surface area contributed by atoms with Crippen LogP contribution in [0, 0.1) is 6.92 Å². The fourth-order valence-electron chi connectivity index (χ4n) is 3.67. The van der Waals surface area contributed by atoms with E-state index in [1.165, 1.54) is 5.56 Å². The maximum Gasteiger partial charge on any atom is 0.257 e. The number of nitrogens with one attached hydrogen (secondary N) is 1. The van der Waals surface area contributed by atoms with Gasteiger partial charge in [-0.2, -0.15) is 5.10 Å². The van der Waals surface area contributed by atoms with Gasteiger partial charge in [0.15, 0.2) is 0 Å². The van der Waals surface area contributed by atoms with Crippen LogP contribution in [0.1, 0.15) is 22.3 Å². The van der Waals surface area contributed by atoms with Gasteiger partial charge in [0.05, 0.1) is 18.4 Å². The molecule has 1 unspecified atom stereocenters. The van der Waals surface area contributed by atoms with Gasteiger partial charge in [-0.25, -0.2) is 4.68 Å². The predicted molar refractivity (Wildman–Crippen MR) is 121 cm³/mol. The van der Waals surface area contributed by atoms with Crippen LogP contribution in [0.2, 0.25) is 0 Å². The molecule has 30 heavy (non-hydrogen) atoms. The number of rotatable bonds is 5. The van der Waals surface area contributed by atoms with Crippen LogP contribution in [-0.4, -0.2) is 53.9 Å². The third-order valence-electron chi connectivity index (χ3n) is 5.49. The molecule has 1 saturated heterocycles. The highest BCUT2D eigenvalue weighted by Gasteiger charge is 2.28. The number of methoxy groups -OCH3 is 1. The second-order valence-corrected chi connectivity index (χ2v) is 7.47. The summed E-state index contributed by atoms with van der Waals surface area (Å²) in [6.45, 7) is 3.81. The summed E-state index contributed by atoms with van der Waals surface area (Å²) in [6, 6.07) is 16.0. The van der Waals surface area contributed by atoms with E-state index in [0.717, 1.165) is 36.5 Å². The topological polar surface area (TPSA) is 59.4 Å². The average Bonchev–Trinajstić information content (AvgIpc) is 3.44. The summed E-state index contributed by atoms with van der Waals surface area (Å²) in [5.74, 6) is 0.717. The van der Waals surface area contributed by atoms with E-state index in [1.54, 1.807) is 11.8 Å². The molecule has 1 atom stereocenters. The number of aryl methyl sites for hydroxylation is 1. The Labute approximate surface area is 183 Å². The van der Waals surface area contributed by atoms with E-state index in [1.807, 2.05) is 73.6 Å². The second kappa shape index (κ2) is 9.32. The smallest absolute Gasteiger partial charge is 0.257 e. The molecule has 6 nitrogen and oxygen atoms in total. The number of benzene rings is 2. The normalized spacial score (nSPS) is 15.5. The number of halogens is 1. The third-order valence-corrected chi connectivity index (χ3v) is 5.49. The van der Waals surface area contributed by atoms with Crippen LogP contribution < -0.4 is 10.1 Å². The number of ether oxygens (including phenoxy) is 1. The molecule has 0 bridgehead atoms. The van der Waals surface area contributed by atoms with Crippen molar-refractivity contribution in [1.29, 1.82) is 0 Å². The van der Waals surface area contributed by atoms with Crippen molar-refractivity contribution < 1.29 is 9.53 Å².